The summed E-state index contributed by atoms with van der Waals surface area (Å²) in [7, 11) is 0. The third-order valence-electron chi connectivity index (χ3n) is 4.83. The predicted molar refractivity (Wildman–Crippen MR) is 86.5 cm³/mol. The second-order valence-electron chi connectivity index (χ2n) is 6.76. The smallest absolute Gasteiger partial charge is 0.330 e. The molecule has 6 nitrogen and oxygen atoms in total. The van der Waals surface area contributed by atoms with Gasteiger partial charge in [0.1, 0.15) is 5.78 Å². The van der Waals surface area contributed by atoms with Crippen molar-refractivity contribution in [3.05, 3.63) is 0 Å². The average molecular weight is 337 g/mol. The Morgan fingerprint density at radius 1 is 0.833 bits per heavy atom. The number of rotatable bonds is 5. The molecule has 1 saturated heterocycles. The van der Waals surface area contributed by atoms with Crippen LogP contribution >= 0.6 is 0 Å². The molecule has 0 spiro atoms. The molecule has 0 N–H and O–H groups in total. The first-order chi connectivity index (χ1) is 11.6. The number of nitrogens with zero attached hydrogens (tertiary/aromatic N) is 1. The minimum Gasteiger partial charge on any atom is -0.330 e. The van der Waals surface area contributed by atoms with Gasteiger partial charge < -0.3 is 4.84 Å². The van der Waals surface area contributed by atoms with Gasteiger partial charge in [0.15, 0.2) is 0 Å². The molecule has 6 heteroatoms. The van der Waals surface area contributed by atoms with E-state index in [1.165, 1.54) is 32.1 Å². The largest absolute Gasteiger partial charge is 0.333 e. The van der Waals surface area contributed by atoms with Crippen molar-refractivity contribution in [3.63, 3.8) is 0 Å². The Labute approximate surface area is 142 Å². The van der Waals surface area contributed by atoms with Gasteiger partial charge >= 0.3 is 5.97 Å². The van der Waals surface area contributed by atoms with Crippen LogP contribution in [0.4, 0.5) is 0 Å². The van der Waals surface area contributed by atoms with Gasteiger partial charge in [-0.3, -0.25) is 14.4 Å². The zero-order valence-electron chi connectivity index (χ0n) is 14.3. The van der Waals surface area contributed by atoms with Crippen molar-refractivity contribution in [1.29, 1.82) is 0 Å². The van der Waals surface area contributed by atoms with Crippen LogP contribution in [-0.4, -0.2) is 28.6 Å². The van der Waals surface area contributed by atoms with Crippen LogP contribution in [0.2, 0.25) is 0 Å². The van der Waals surface area contributed by atoms with Crippen LogP contribution in [0.25, 0.3) is 0 Å². The summed E-state index contributed by atoms with van der Waals surface area (Å²) in [5, 5.41) is 0.538. The number of hydrogen-bond acceptors (Lipinski definition) is 5. The molecule has 0 atom stereocenters. The molecule has 2 rings (SSSR count). The lowest BCUT2D eigenvalue weighted by atomic mass is 9.87. The highest BCUT2D eigenvalue weighted by molar-refractivity contribution is 6.01. The maximum Gasteiger partial charge on any atom is 0.333 e. The molecular formula is C18H27NO5. The van der Waals surface area contributed by atoms with Crippen LogP contribution in [0, 0.1) is 5.92 Å². The molecule has 1 saturated carbocycles. The van der Waals surface area contributed by atoms with Gasteiger partial charge in [-0.05, 0) is 12.8 Å². The number of amides is 2. The van der Waals surface area contributed by atoms with Gasteiger partial charge in [-0.25, -0.2) is 4.79 Å². The first kappa shape index (κ1) is 18.6. The Morgan fingerprint density at radius 2 is 1.33 bits per heavy atom. The van der Waals surface area contributed by atoms with E-state index >= 15 is 0 Å². The number of carbonyl (C=O) groups excluding carboxylic acids is 4. The molecule has 24 heavy (non-hydrogen) atoms. The number of carbonyl (C=O) groups is 4. The monoisotopic (exact) mass is 337 g/mol. The van der Waals surface area contributed by atoms with E-state index in [4.69, 9.17) is 4.84 Å². The topological polar surface area (TPSA) is 80.8 Å². The van der Waals surface area contributed by atoms with Crippen LogP contribution in [0.5, 0.6) is 0 Å². The molecule has 1 aliphatic heterocycles. The average Bonchev–Trinajstić information content (AvgIpc) is 2.89. The fourth-order valence-corrected chi connectivity index (χ4v) is 3.37. The summed E-state index contributed by atoms with van der Waals surface area (Å²) < 4.78 is 0. The van der Waals surface area contributed by atoms with Crippen molar-refractivity contribution in [2.45, 2.75) is 83.5 Å². The van der Waals surface area contributed by atoms with Crippen molar-refractivity contribution in [3.8, 4) is 0 Å². The van der Waals surface area contributed by atoms with Gasteiger partial charge in [-0.1, -0.05) is 44.9 Å². The molecule has 134 valence electrons. The zero-order valence-corrected chi connectivity index (χ0v) is 14.3. The van der Waals surface area contributed by atoms with Crippen molar-refractivity contribution in [2.75, 3.05) is 0 Å². The Hall–Kier alpha value is -1.72. The highest BCUT2D eigenvalue weighted by Crippen LogP contribution is 2.23. The molecule has 0 aromatic heterocycles. The number of imide groups is 1. The van der Waals surface area contributed by atoms with E-state index in [9.17, 15) is 19.2 Å². The first-order valence-electron chi connectivity index (χ1n) is 9.17. The van der Waals surface area contributed by atoms with Crippen LogP contribution in [0.3, 0.4) is 0 Å². The van der Waals surface area contributed by atoms with Gasteiger partial charge in [0.2, 0.25) is 0 Å². The Bertz CT molecular complexity index is 462. The summed E-state index contributed by atoms with van der Waals surface area (Å²) in [4.78, 5) is 51.8. The quantitative estimate of drug-likeness (QED) is 0.720. The minimum atomic E-state index is -0.688. The third kappa shape index (κ3) is 5.73. The SMILES string of the molecule is O=C(CCC(=O)C1CCCCCCCCC1)ON1C(=O)CCC1=O. The molecule has 2 aliphatic rings. The van der Waals surface area contributed by atoms with Gasteiger partial charge in [0, 0.05) is 25.2 Å². The van der Waals surface area contributed by atoms with E-state index in [1.54, 1.807) is 0 Å². The normalized spacial score (nSPS) is 20.9. The molecule has 2 amide bonds. The number of Topliss-reactive ketones (excluding diaryl/α,β-unsaturated/α-hetero) is 1. The molecule has 1 heterocycles. The summed E-state index contributed by atoms with van der Waals surface area (Å²) in [6.07, 6.45) is 10.3. The minimum absolute atomic E-state index is 0.0333. The molecule has 0 unspecified atom stereocenters. The Morgan fingerprint density at radius 3 is 1.88 bits per heavy atom. The van der Waals surface area contributed by atoms with Crippen molar-refractivity contribution in [1.82, 2.24) is 5.06 Å². The van der Waals surface area contributed by atoms with Crippen LogP contribution < -0.4 is 0 Å². The Balaban J connectivity index is 1.74. The second-order valence-corrected chi connectivity index (χ2v) is 6.76. The van der Waals surface area contributed by atoms with Crippen LogP contribution in [0.15, 0.2) is 0 Å². The summed E-state index contributed by atoms with van der Waals surface area (Å²) in [6, 6.07) is 0. The maximum absolute atomic E-state index is 12.4. The molecule has 0 radical (unpaired) electrons. The highest BCUT2D eigenvalue weighted by atomic mass is 16.7. The van der Waals surface area contributed by atoms with Crippen molar-refractivity contribution >= 4 is 23.6 Å². The van der Waals surface area contributed by atoms with Crippen LogP contribution in [-0.2, 0) is 24.0 Å². The molecule has 0 aromatic rings. The fraction of sp³-hybridized carbons (Fsp3) is 0.778. The Kier molecular flexibility index (Phi) is 7.40. The highest BCUT2D eigenvalue weighted by Gasteiger charge is 2.33. The van der Waals surface area contributed by atoms with E-state index in [2.05, 4.69) is 0 Å². The van der Waals surface area contributed by atoms with Crippen molar-refractivity contribution in [2.24, 2.45) is 5.92 Å². The molecule has 1 aliphatic carbocycles. The molecule has 2 fully saturated rings. The van der Waals surface area contributed by atoms with Gasteiger partial charge in [0.05, 0.1) is 6.42 Å². The summed E-state index contributed by atoms with van der Waals surface area (Å²) in [5.41, 5.74) is 0. The number of hydrogen-bond donors (Lipinski definition) is 0. The predicted octanol–water partition coefficient (Wildman–Crippen LogP) is 3.08. The van der Waals surface area contributed by atoms with Crippen molar-refractivity contribution < 1.29 is 24.0 Å². The zero-order chi connectivity index (χ0) is 17.4. The summed E-state index contributed by atoms with van der Waals surface area (Å²) >= 11 is 0. The summed E-state index contributed by atoms with van der Waals surface area (Å²) in [6.45, 7) is 0. The molecule has 0 aromatic carbocycles. The van der Waals surface area contributed by atoms with Gasteiger partial charge in [-0.2, -0.15) is 0 Å². The van der Waals surface area contributed by atoms with E-state index in [0.29, 0.717) is 5.06 Å². The lowest BCUT2D eigenvalue weighted by Gasteiger charge is -2.17. The number of hydroxylamine groups is 2. The van der Waals surface area contributed by atoms with Crippen LogP contribution in [0.1, 0.15) is 83.5 Å². The number of ketones is 1. The van der Waals surface area contributed by atoms with Gasteiger partial charge in [0.25, 0.3) is 11.8 Å². The second kappa shape index (κ2) is 9.55. The van der Waals surface area contributed by atoms with Gasteiger partial charge in [-0.15, -0.1) is 5.06 Å². The molecular weight excluding hydrogens is 310 g/mol. The summed E-state index contributed by atoms with van der Waals surface area (Å²) in [5.74, 6) is -1.54. The van der Waals surface area contributed by atoms with E-state index < -0.39 is 17.8 Å². The first-order valence-corrected chi connectivity index (χ1v) is 9.17. The van der Waals surface area contributed by atoms with E-state index in [0.717, 1.165) is 25.7 Å². The van der Waals surface area contributed by atoms with E-state index in [-0.39, 0.29) is 37.4 Å². The lowest BCUT2D eigenvalue weighted by Crippen LogP contribution is -2.32. The maximum atomic E-state index is 12.4. The van der Waals surface area contributed by atoms with E-state index in [1.807, 2.05) is 0 Å². The standard InChI is InChI=1S/C18H27NO5/c20-15(14-8-6-4-2-1-3-5-7-9-14)10-13-18(23)24-19-16(21)11-12-17(19)22/h14H,1-13H2. The fourth-order valence-electron chi connectivity index (χ4n) is 3.37. The lowest BCUT2D eigenvalue weighted by molar-refractivity contribution is -0.197. The molecule has 0 bridgehead atoms. The third-order valence-corrected chi connectivity index (χ3v) is 4.83.